The Hall–Kier alpha value is -1.80. The third-order valence-electron chi connectivity index (χ3n) is 5.46. The van der Waals surface area contributed by atoms with Gasteiger partial charge in [0, 0.05) is 19.2 Å². The molecule has 0 unspecified atom stereocenters. The summed E-state index contributed by atoms with van der Waals surface area (Å²) in [4.78, 5) is 13.6. The van der Waals surface area contributed by atoms with Crippen LogP contribution >= 0.6 is 19.2 Å². The monoisotopic (exact) mass is 472 g/mol. The Balaban J connectivity index is 1.59. The van der Waals surface area contributed by atoms with Crippen molar-refractivity contribution in [2.45, 2.75) is 26.7 Å². The third-order valence-corrected chi connectivity index (χ3v) is 7.90. The fourth-order valence-corrected chi connectivity index (χ4v) is 6.41. The molecule has 1 aromatic carbocycles. The lowest BCUT2D eigenvalue weighted by Crippen LogP contribution is -2.35. The van der Waals surface area contributed by atoms with E-state index in [1.165, 1.54) is 6.07 Å². The number of hydrogen-bond donors (Lipinski definition) is 1. The number of H-pyrrole nitrogens is 1. The average Bonchev–Trinajstić information content (AvgIpc) is 3.06. The van der Waals surface area contributed by atoms with Crippen molar-refractivity contribution < 1.29 is 22.4 Å². The molecule has 2 aromatic heterocycles. The topological polar surface area (TPSA) is 80.3 Å². The van der Waals surface area contributed by atoms with Gasteiger partial charge in [-0.3, -0.25) is 4.57 Å². The van der Waals surface area contributed by atoms with E-state index in [4.69, 9.17) is 20.6 Å². The molecule has 0 spiro atoms. The van der Waals surface area contributed by atoms with Gasteiger partial charge in [-0.2, -0.15) is 4.98 Å². The Morgan fingerprint density at radius 1 is 1.19 bits per heavy atom. The van der Waals surface area contributed by atoms with Gasteiger partial charge in [0.15, 0.2) is 5.82 Å². The van der Waals surface area contributed by atoms with E-state index in [1.54, 1.807) is 13.8 Å². The molecular formula is C20H24ClF2N4O3P. The maximum atomic E-state index is 14.4. The van der Waals surface area contributed by atoms with Crippen molar-refractivity contribution in [3.8, 4) is 0 Å². The summed E-state index contributed by atoms with van der Waals surface area (Å²) in [6.45, 7) is 5.55. The van der Waals surface area contributed by atoms with E-state index in [0.29, 0.717) is 54.8 Å². The van der Waals surface area contributed by atoms with Crippen LogP contribution in [0.2, 0.25) is 5.28 Å². The highest BCUT2D eigenvalue weighted by Crippen LogP contribution is 2.51. The van der Waals surface area contributed by atoms with Crippen molar-refractivity contribution in [2.75, 3.05) is 37.4 Å². The highest BCUT2D eigenvalue weighted by molar-refractivity contribution is 7.53. The molecule has 11 heteroatoms. The number of benzene rings is 1. The molecular weight excluding hydrogens is 449 g/mol. The lowest BCUT2D eigenvalue weighted by molar-refractivity contribution is 0.213. The predicted molar refractivity (Wildman–Crippen MR) is 117 cm³/mol. The number of piperidine rings is 1. The minimum Gasteiger partial charge on any atom is -0.355 e. The fourth-order valence-electron chi connectivity index (χ4n) is 4.17. The van der Waals surface area contributed by atoms with Crippen LogP contribution < -0.4 is 4.90 Å². The maximum Gasteiger partial charge on any atom is 0.330 e. The lowest BCUT2D eigenvalue weighted by atomic mass is 9.99. The van der Waals surface area contributed by atoms with E-state index in [1.807, 2.05) is 4.90 Å². The van der Waals surface area contributed by atoms with E-state index in [2.05, 4.69) is 15.0 Å². The number of rotatable bonds is 7. The first-order valence-corrected chi connectivity index (χ1v) is 12.4. The molecule has 31 heavy (non-hydrogen) atoms. The largest absolute Gasteiger partial charge is 0.355 e. The van der Waals surface area contributed by atoms with E-state index in [-0.39, 0.29) is 16.6 Å². The van der Waals surface area contributed by atoms with Crippen LogP contribution in [0.4, 0.5) is 14.6 Å². The summed E-state index contributed by atoms with van der Waals surface area (Å²) >= 11 is 6.14. The number of aromatic amines is 1. The molecule has 0 radical (unpaired) electrons. The van der Waals surface area contributed by atoms with E-state index in [9.17, 15) is 13.3 Å². The highest BCUT2D eigenvalue weighted by atomic mass is 35.5. The number of anilines is 1. The molecule has 0 atom stereocenters. The van der Waals surface area contributed by atoms with Crippen molar-refractivity contribution in [3.05, 3.63) is 29.1 Å². The normalized spacial score (nSPS) is 16.0. The average molecular weight is 473 g/mol. The molecule has 3 aromatic rings. The highest BCUT2D eigenvalue weighted by Gasteiger charge is 2.32. The summed E-state index contributed by atoms with van der Waals surface area (Å²) < 4.78 is 51.8. The number of aromatic nitrogens is 3. The van der Waals surface area contributed by atoms with Crippen LogP contribution in [0, 0.1) is 17.6 Å². The first-order chi connectivity index (χ1) is 14.8. The third kappa shape index (κ3) is 4.55. The molecule has 7 nitrogen and oxygen atoms in total. The molecule has 1 aliphatic rings. The Labute approximate surface area is 183 Å². The molecule has 0 saturated carbocycles. The molecule has 3 heterocycles. The van der Waals surface area contributed by atoms with Crippen molar-refractivity contribution in [3.63, 3.8) is 0 Å². The SMILES string of the molecule is CCOP(=O)(CC1CCN(c2nc(Cl)nc3c2[nH]c2cc(F)cc(F)c23)CC1)OCC. The quantitative estimate of drug-likeness (QED) is 0.360. The van der Waals surface area contributed by atoms with E-state index < -0.39 is 19.2 Å². The van der Waals surface area contributed by atoms with Gasteiger partial charge in [0.1, 0.15) is 22.7 Å². The molecule has 4 rings (SSSR count). The minimum atomic E-state index is -3.11. The number of nitrogens with zero attached hydrogens (tertiary/aromatic N) is 3. The number of halogens is 3. The van der Waals surface area contributed by atoms with Gasteiger partial charge < -0.3 is 18.9 Å². The van der Waals surface area contributed by atoms with Crippen LogP contribution in [0.25, 0.3) is 21.9 Å². The van der Waals surface area contributed by atoms with Gasteiger partial charge in [-0.25, -0.2) is 13.8 Å². The van der Waals surface area contributed by atoms with Gasteiger partial charge in [0.05, 0.1) is 30.3 Å². The summed E-state index contributed by atoms with van der Waals surface area (Å²) in [6, 6.07) is 2.05. The van der Waals surface area contributed by atoms with Crippen molar-refractivity contribution in [2.24, 2.45) is 5.92 Å². The Kier molecular flexibility index (Phi) is 6.49. The zero-order valence-corrected chi connectivity index (χ0v) is 19.0. The van der Waals surface area contributed by atoms with Crippen molar-refractivity contribution in [1.29, 1.82) is 0 Å². The van der Waals surface area contributed by atoms with Crippen LogP contribution in [0.15, 0.2) is 12.1 Å². The second kappa shape index (κ2) is 8.98. The van der Waals surface area contributed by atoms with Crippen molar-refractivity contribution in [1.82, 2.24) is 15.0 Å². The van der Waals surface area contributed by atoms with Crippen molar-refractivity contribution >= 4 is 47.0 Å². The molecule has 0 bridgehead atoms. The standard InChI is InChI=1S/C20H24ClF2N4O3P/c1-3-29-31(28,30-4-2)11-12-5-7-27(8-6-12)19-18-17(25-20(21)26-19)16-14(23)9-13(22)10-15(16)24-18/h9-10,12,24H,3-8,11H2,1-2H3. The predicted octanol–water partition coefficient (Wildman–Crippen LogP) is 5.53. The summed E-state index contributed by atoms with van der Waals surface area (Å²) in [5.41, 5.74) is 1.13. The first kappa shape index (κ1) is 22.4. The summed E-state index contributed by atoms with van der Waals surface area (Å²) in [5.74, 6) is -0.654. The summed E-state index contributed by atoms with van der Waals surface area (Å²) in [5, 5.41) is 0.178. The van der Waals surface area contributed by atoms with Crippen LogP contribution in [0.5, 0.6) is 0 Å². The maximum absolute atomic E-state index is 14.4. The van der Waals surface area contributed by atoms with Gasteiger partial charge in [0.2, 0.25) is 5.28 Å². The molecule has 1 fully saturated rings. The zero-order chi connectivity index (χ0) is 22.2. The van der Waals surface area contributed by atoms with Crippen LogP contribution in [-0.2, 0) is 13.6 Å². The summed E-state index contributed by atoms with van der Waals surface area (Å²) in [6.07, 6.45) is 1.90. The molecule has 1 aliphatic heterocycles. The smallest absolute Gasteiger partial charge is 0.330 e. The fraction of sp³-hybridized carbons (Fsp3) is 0.500. The van der Waals surface area contributed by atoms with Crippen LogP contribution in [0.3, 0.4) is 0 Å². The Morgan fingerprint density at radius 2 is 1.87 bits per heavy atom. The number of nitrogens with one attached hydrogen (secondary N) is 1. The molecule has 0 aliphatic carbocycles. The minimum absolute atomic E-state index is 0.00792. The van der Waals surface area contributed by atoms with Gasteiger partial charge in [-0.05, 0) is 50.3 Å². The zero-order valence-electron chi connectivity index (χ0n) is 17.3. The van der Waals surface area contributed by atoms with Gasteiger partial charge in [-0.15, -0.1) is 0 Å². The molecule has 0 amide bonds. The molecule has 168 valence electrons. The van der Waals surface area contributed by atoms with Crippen LogP contribution in [0.1, 0.15) is 26.7 Å². The number of fused-ring (bicyclic) bond motifs is 3. The second-order valence-corrected chi connectivity index (χ2v) is 9.98. The van der Waals surface area contributed by atoms with Gasteiger partial charge in [0.25, 0.3) is 0 Å². The first-order valence-electron chi connectivity index (χ1n) is 10.3. The van der Waals surface area contributed by atoms with E-state index in [0.717, 1.165) is 18.9 Å². The summed E-state index contributed by atoms with van der Waals surface area (Å²) in [7, 11) is -3.11. The molecule has 1 saturated heterocycles. The van der Waals surface area contributed by atoms with Gasteiger partial charge >= 0.3 is 7.60 Å². The number of hydrogen-bond acceptors (Lipinski definition) is 6. The second-order valence-electron chi connectivity index (χ2n) is 7.53. The lowest BCUT2D eigenvalue weighted by Gasteiger charge is -2.34. The van der Waals surface area contributed by atoms with Crippen LogP contribution in [-0.4, -0.2) is 47.4 Å². The van der Waals surface area contributed by atoms with Gasteiger partial charge in [-0.1, -0.05) is 0 Å². The molecule has 1 N–H and O–H groups in total. The Bertz CT molecular complexity index is 1140. The Morgan fingerprint density at radius 3 is 2.52 bits per heavy atom. The van der Waals surface area contributed by atoms with E-state index >= 15 is 0 Å².